The summed E-state index contributed by atoms with van der Waals surface area (Å²) in [6, 6.07) is 6.03. The summed E-state index contributed by atoms with van der Waals surface area (Å²) in [6.07, 6.45) is 3.97. The molecule has 0 spiro atoms. The molecule has 0 saturated heterocycles. The zero-order valence-electron chi connectivity index (χ0n) is 9.35. The SMILES string of the molecule is N#CCCCCP(=O)(CCC#N)CCC#N. The van der Waals surface area contributed by atoms with Crippen molar-refractivity contribution in [2.45, 2.75) is 32.1 Å². The summed E-state index contributed by atoms with van der Waals surface area (Å²) in [4.78, 5) is 0. The Morgan fingerprint density at radius 1 is 0.750 bits per heavy atom. The number of hydrogen-bond donors (Lipinski definition) is 0. The van der Waals surface area contributed by atoms with Crippen LogP contribution in [0.2, 0.25) is 0 Å². The highest BCUT2D eigenvalue weighted by atomic mass is 31.2. The first kappa shape index (κ1) is 14.7. The smallest absolute Gasteiger partial charge is 0.0897 e. The third-order valence-electron chi connectivity index (χ3n) is 2.37. The van der Waals surface area contributed by atoms with Gasteiger partial charge in [0.25, 0.3) is 0 Å². The minimum Gasteiger partial charge on any atom is -0.323 e. The maximum absolute atomic E-state index is 12.3. The molecule has 4 nitrogen and oxygen atoms in total. The topological polar surface area (TPSA) is 88.4 Å². The predicted octanol–water partition coefficient (Wildman–Crippen LogP) is 2.87. The van der Waals surface area contributed by atoms with E-state index in [2.05, 4.69) is 0 Å². The van der Waals surface area contributed by atoms with Gasteiger partial charge >= 0.3 is 0 Å². The van der Waals surface area contributed by atoms with Crippen molar-refractivity contribution in [1.29, 1.82) is 15.8 Å². The second kappa shape index (κ2) is 8.96. The lowest BCUT2D eigenvalue weighted by molar-refractivity contribution is 0.571. The molecule has 0 aromatic heterocycles. The van der Waals surface area contributed by atoms with Crippen LogP contribution in [0.3, 0.4) is 0 Å². The van der Waals surface area contributed by atoms with Crippen molar-refractivity contribution in [3.8, 4) is 18.2 Å². The van der Waals surface area contributed by atoms with Crippen LogP contribution in [-0.2, 0) is 4.57 Å². The minimum absolute atomic E-state index is 0.293. The summed E-state index contributed by atoms with van der Waals surface area (Å²) < 4.78 is 12.3. The molecule has 0 rings (SSSR count). The van der Waals surface area contributed by atoms with E-state index in [-0.39, 0.29) is 0 Å². The van der Waals surface area contributed by atoms with Crippen LogP contribution in [0.1, 0.15) is 32.1 Å². The van der Waals surface area contributed by atoms with Crippen molar-refractivity contribution >= 4 is 7.14 Å². The normalized spacial score (nSPS) is 10.1. The lowest BCUT2D eigenvalue weighted by Gasteiger charge is -2.14. The highest BCUT2D eigenvalue weighted by Gasteiger charge is 2.20. The lowest BCUT2D eigenvalue weighted by Crippen LogP contribution is -2.00. The molecule has 5 heteroatoms. The molecule has 16 heavy (non-hydrogen) atoms. The molecule has 0 radical (unpaired) electrons. The first-order valence-corrected chi connectivity index (χ1v) is 7.63. The summed E-state index contributed by atoms with van der Waals surface area (Å²) in [6.45, 7) is 0. The van der Waals surface area contributed by atoms with E-state index in [1.54, 1.807) is 0 Å². The van der Waals surface area contributed by atoms with Crippen LogP contribution in [-0.4, -0.2) is 18.5 Å². The van der Waals surface area contributed by atoms with Gasteiger partial charge in [0, 0.05) is 37.7 Å². The average Bonchev–Trinajstić information content (AvgIpc) is 2.30. The molecule has 0 fully saturated rings. The van der Waals surface area contributed by atoms with Gasteiger partial charge in [-0.2, -0.15) is 15.8 Å². The Labute approximate surface area is 96.9 Å². The van der Waals surface area contributed by atoms with E-state index in [1.807, 2.05) is 18.2 Å². The third kappa shape index (κ3) is 7.05. The standard InChI is InChI=1S/C11H16N3OP/c12-6-2-1-3-9-16(15,10-4-7-13)11-5-8-14/h1-5,9-11H2. The first-order valence-electron chi connectivity index (χ1n) is 5.36. The zero-order valence-corrected chi connectivity index (χ0v) is 10.2. The van der Waals surface area contributed by atoms with E-state index in [0.29, 0.717) is 37.7 Å². The quantitative estimate of drug-likeness (QED) is 0.479. The van der Waals surface area contributed by atoms with Gasteiger partial charge in [0.05, 0.1) is 25.3 Å². The molecule has 0 aliphatic rings. The fourth-order valence-electron chi connectivity index (χ4n) is 1.45. The van der Waals surface area contributed by atoms with E-state index in [9.17, 15) is 4.57 Å². The largest absolute Gasteiger partial charge is 0.323 e. The van der Waals surface area contributed by atoms with Gasteiger partial charge < -0.3 is 4.57 Å². The Balaban J connectivity index is 4.10. The van der Waals surface area contributed by atoms with E-state index in [0.717, 1.165) is 12.8 Å². The van der Waals surface area contributed by atoms with Gasteiger partial charge in [-0.05, 0) is 12.8 Å². The highest BCUT2D eigenvalue weighted by molar-refractivity contribution is 7.63. The van der Waals surface area contributed by atoms with E-state index in [4.69, 9.17) is 15.8 Å². The third-order valence-corrected chi connectivity index (χ3v) is 5.57. The monoisotopic (exact) mass is 237 g/mol. The van der Waals surface area contributed by atoms with Crippen molar-refractivity contribution in [1.82, 2.24) is 0 Å². The van der Waals surface area contributed by atoms with Crippen LogP contribution in [0, 0.1) is 34.0 Å². The molecule has 0 saturated carbocycles. The maximum atomic E-state index is 12.3. The van der Waals surface area contributed by atoms with Crippen LogP contribution in [0.25, 0.3) is 0 Å². The summed E-state index contributed by atoms with van der Waals surface area (Å²) in [5.74, 6) is 0. The number of nitriles is 3. The van der Waals surface area contributed by atoms with Crippen LogP contribution in [0.15, 0.2) is 0 Å². The van der Waals surface area contributed by atoms with Crippen LogP contribution >= 0.6 is 7.14 Å². The molecule has 0 amide bonds. The van der Waals surface area contributed by atoms with Crippen molar-refractivity contribution in [2.75, 3.05) is 18.5 Å². The molecule has 0 N–H and O–H groups in total. The Hall–Kier alpha value is -1.30. The summed E-state index contributed by atoms with van der Waals surface area (Å²) in [7, 11) is -2.35. The van der Waals surface area contributed by atoms with Crippen LogP contribution in [0.4, 0.5) is 0 Å². The summed E-state index contributed by atoms with van der Waals surface area (Å²) in [5.41, 5.74) is 0. The second-order valence-electron chi connectivity index (χ2n) is 3.66. The molecular weight excluding hydrogens is 221 g/mol. The van der Waals surface area contributed by atoms with E-state index >= 15 is 0 Å². The van der Waals surface area contributed by atoms with E-state index in [1.165, 1.54) is 0 Å². The van der Waals surface area contributed by atoms with Crippen molar-refractivity contribution in [3.05, 3.63) is 0 Å². The predicted molar refractivity (Wildman–Crippen MR) is 62.1 cm³/mol. The Bertz CT molecular complexity index is 337. The van der Waals surface area contributed by atoms with Crippen molar-refractivity contribution < 1.29 is 4.57 Å². The molecule has 0 bridgehead atoms. The Morgan fingerprint density at radius 3 is 1.69 bits per heavy atom. The molecule has 0 aromatic carbocycles. The second-order valence-corrected chi connectivity index (χ2v) is 7.12. The Morgan fingerprint density at radius 2 is 1.25 bits per heavy atom. The molecule has 86 valence electrons. The van der Waals surface area contributed by atoms with Gasteiger partial charge in [0.1, 0.15) is 0 Å². The van der Waals surface area contributed by atoms with Crippen LogP contribution < -0.4 is 0 Å². The average molecular weight is 237 g/mol. The molecule has 0 heterocycles. The summed E-state index contributed by atoms with van der Waals surface area (Å²) in [5, 5.41) is 25.3. The molecule has 0 aromatic rings. The van der Waals surface area contributed by atoms with E-state index < -0.39 is 7.14 Å². The van der Waals surface area contributed by atoms with Gasteiger partial charge in [0.15, 0.2) is 0 Å². The molecule has 0 aliphatic heterocycles. The zero-order chi connectivity index (χ0) is 12.3. The minimum atomic E-state index is -2.35. The van der Waals surface area contributed by atoms with Gasteiger partial charge in [-0.15, -0.1) is 0 Å². The highest BCUT2D eigenvalue weighted by Crippen LogP contribution is 2.47. The van der Waals surface area contributed by atoms with Gasteiger partial charge in [-0.1, -0.05) is 0 Å². The Kier molecular flexibility index (Phi) is 8.24. The molecule has 0 unspecified atom stereocenters. The number of hydrogen-bond acceptors (Lipinski definition) is 4. The number of unbranched alkanes of at least 4 members (excludes halogenated alkanes) is 2. The maximum Gasteiger partial charge on any atom is 0.0897 e. The lowest BCUT2D eigenvalue weighted by atomic mass is 10.3. The first-order chi connectivity index (χ1) is 7.68. The molecule has 0 atom stereocenters. The fourth-order valence-corrected chi connectivity index (χ4v) is 3.93. The van der Waals surface area contributed by atoms with Crippen LogP contribution in [0.5, 0.6) is 0 Å². The fraction of sp³-hybridized carbons (Fsp3) is 0.727. The number of rotatable bonds is 8. The van der Waals surface area contributed by atoms with Gasteiger partial charge in [0.2, 0.25) is 0 Å². The van der Waals surface area contributed by atoms with Gasteiger partial charge in [-0.25, -0.2) is 0 Å². The molecular formula is C11H16N3OP. The van der Waals surface area contributed by atoms with Gasteiger partial charge in [-0.3, -0.25) is 0 Å². The number of nitrogens with zero attached hydrogens (tertiary/aromatic N) is 3. The van der Waals surface area contributed by atoms with Crippen molar-refractivity contribution in [3.63, 3.8) is 0 Å². The van der Waals surface area contributed by atoms with Crippen molar-refractivity contribution in [2.24, 2.45) is 0 Å². The molecule has 0 aliphatic carbocycles. The summed E-state index contributed by atoms with van der Waals surface area (Å²) >= 11 is 0.